The number of amides is 1. The van der Waals surface area contributed by atoms with E-state index in [1.807, 2.05) is 36.4 Å². The van der Waals surface area contributed by atoms with Crippen molar-refractivity contribution >= 4 is 23.5 Å². The topological polar surface area (TPSA) is 50.6 Å². The van der Waals surface area contributed by atoms with Gasteiger partial charge < -0.3 is 4.74 Å². The average Bonchev–Trinajstić information content (AvgIpc) is 3.05. The SMILES string of the molecule is CCOC(=O)N1C=CN(c2ccnn2-c2ccccc2)C(Cl)=C1. The van der Waals surface area contributed by atoms with Crippen LogP contribution in [0.2, 0.25) is 0 Å². The Hall–Kier alpha value is -2.73. The third kappa shape index (κ3) is 3.07. The molecule has 0 fully saturated rings. The Morgan fingerprint density at radius 2 is 2.00 bits per heavy atom. The maximum absolute atomic E-state index is 11.7. The summed E-state index contributed by atoms with van der Waals surface area (Å²) in [6, 6.07) is 11.6. The molecule has 2 aromatic rings. The molecule has 0 atom stereocenters. The first kappa shape index (κ1) is 15.2. The number of anilines is 1. The van der Waals surface area contributed by atoms with Gasteiger partial charge in [0.2, 0.25) is 0 Å². The number of para-hydroxylation sites is 1. The molecule has 23 heavy (non-hydrogen) atoms. The van der Waals surface area contributed by atoms with Crippen molar-refractivity contribution in [3.63, 3.8) is 0 Å². The van der Waals surface area contributed by atoms with Crippen molar-refractivity contribution in [1.29, 1.82) is 0 Å². The van der Waals surface area contributed by atoms with E-state index < -0.39 is 6.09 Å². The van der Waals surface area contributed by atoms with Gasteiger partial charge in [0.1, 0.15) is 11.0 Å². The second-order valence-electron chi connectivity index (χ2n) is 4.66. The van der Waals surface area contributed by atoms with Crippen LogP contribution in [0.3, 0.4) is 0 Å². The third-order valence-corrected chi connectivity index (χ3v) is 3.48. The molecule has 1 aromatic carbocycles. The fourth-order valence-electron chi connectivity index (χ4n) is 2.17. The van der Waals surface area contributed by atoms with Gasteiger partial charge in [0.15, 0.2) is 0 Å². The fourth-order valence-corrected chi connectivity index (χ4v) is 2.42. The number of benzene rings is 1. The Kier molecular flexibility index (Phi) is 4.34. The van der Waals surface area contributed by atoms with Gasteiger partial charge >= 0.3 is 6.09 Å². The number of rotatable bonds is 3. The minimum absolute atomic E-state index is 0.305. The van der Waals surface area contributed by atoms with E-state index in [-0.39, 0.29) is 0 Å². The van der Waals surface area contributed by atoms with Crippen molar-refractivity contribution in [3.8, 4) is 5.69 Å². The standard InChI is InChI=1S/C16H15ClN4O2/c1-2-23-16(22)19-10-11-20(14(17)12-19)15-8-9-18-21(15)13-6-4-3-5-7-13/h3-12H,2H2,1H3. The lowest BCUT2D eigenvalue weighted by atomic mass is 10.3. The number of hydrogen-bond acceptors (Lipinski definition) is 4. The minimum atomic E-state index is -0.474. The second-order valence-corrected chi connectivity index (χ2v) is 5.05. The summed E-state index contributed by atoms with van der Waals surface area (Å²) in [6.07, 6.45) is 6.00. The molecule has 0 saturated heterocycles. The number of nitrogens with zero attached hydrogens (tertiary/aromatic N) is 4. The van der Waals surface area contributed by atoms with Crippen LogP contribution >= 0.6 is 11.6 Å². The van der Waals surface area contributed by atoms with Crippen LogP contribution in [0.5, 0.6) is 0 Å². The summed E-state index contributed by atoms with van der Waals surface area (Å²) in [6.45, 7) is 2.06. The molecule has 0 spiro atoms. The van der Waals surface area contributed by atoms with Crippen molar-refractivity contribution < 1.29 is 9.53 Å². The lowest BCUT2D eigenvalue weighted by molar-refractivity contribution is 0.133. The highest BCUT2D eigenvalue weighted by atomic mass is 35.5. The first-order valence-electron chi connectivity index (χ1n) is 7.10. The number of hydrogen-bond donors (Lipinski definition) is 0. The zero-order chi connectivity index (χ0) is 16.2. The predicted octanol–water partition coefficient (Wildman–Crippen LogP) is 3.66. The quantitative estimate of drug-likeness (QED) is 0.806. The molecule has 118 valence electrons. The van der Waals surface area contributed by atoms with Crippen LogP contribution in [0.4, 0.5) is 10.6 Å². The van der Waals surface area contributed by atoms with E-state index in [1.165, 1.54) is 11.1 Å². The normalized spacial score (nSPS) is 13.9. The van der Waals surface area contributed by atoms with Crippen molar-refractivity contribution in [3.05, 3.63) is 66.4 Å². The number of aromatic nitrogens is 2. The summed E-state index contributed by atoms with van der Waals surface area (Å²) in [5.74, 6) is 0.761. The van der Waals surface area contributed by atoms with Gasteiger partial charge in [-0.2, -0.15) is 5.10 Å². The third-order valence-electron chi connectivity index (χ3n) is 3.20. The molecule has 6 nitrogen and oxygen atoms in total. The molecule has 0 unspecified atom stereocenters. The number of carbonyl (C=O) groups excluding carboxylic acids is 1. The molecule has 1 amide bonds. The van der Waals surface area contributed by atoms with Crippen molar-refractivity contribution in [1.82, 2.24) is 14.7 Å². The molecular formula is C16H15ClN4O2. The molecule has 0 N–H and O–H groups in total. The first-order chi connectivity index (χ1) is 11.2. The van der Waals surface area contributed by atoms with Gasteiger partial charge in [-0.3, -0.25) is 9.80 Å². The summed E-state index contributed by atoms with van der Waals surface area (Å²) in [5, 5.41) is 4.69. The van der Waals surface area contributed by atoms with Crippen LogP contribution in [0.15, 0.2) is 66.4 Å². The van der Waals surface area contributed by atoms with Crippen LogP contribution in [0.25, 0.3) is 5.69 Å². The fraction of sp³-hybridized carbons (Fsp3) is 0.125. The molecule has 1 aliphatic rings. The zero-order valence-electron chi connectivity index (χ0n) is 12.5. The van der Waals surface area contributed by atoms with Crippen LogP contribution in [0.1, 0.15) is 6.92 Å². The molecule has 0 radical (unpaired) electrons. The van der Waals surface area contributed by atoms with Gasteiger partial charge in [-0.05, 0) is 19.1 Å². The highest BCUT2D eigenvalue weighted by Gasteiger charge is 2.21. The van der Waals surface area contributed by atoms with Crippen molar-refractivity contribution in [2.75, 3.05) is 11.5 Å². The van der Waals surface area contributed by atoms with Gasteiger partial charge in [0.25, 0.3) is 0 Å². The Morgan fingerprint density at radius 3 is 2.70 bits per heavy atom. The molecule has 1 aliphatic heterocycles. The number of ether oxygens (including phenoxy) is 1. The predicted molar refractivity (Wildman–Crippen MR) is 88.0 cm³/mol. The molecule has 3 rings (SSSR count). The monoisotopic (exact) mass is 330 g/mol. The van der Waals surface area contributed by atoms with Gasteiger partial charge in [0, 0.05) is 18.5 Å². The molecule has 1 aromatic heterocycles. The molecular weight excluding hydrogens is 316 g/mol. The van der Waals surface area contributed by atoms with E-state index in [9.17, 15) is 4.79 Å². The maximum Gasteiger partial charge on any atom is 0.418 e. The Labute approximate surface area is 138 Å². The van der Waals surface area contributed by atoms with Gasteiger partial charge in [-0.1, -0.05) is 29.8 Å². The van der Waals surface area contributed by atoms with Gasteiger partial charge in [-0.15, -0.1) is 0 Å². The van der Waals surface area contributed by atoms with Crippen LogP contribution in [-0.2, 0) is 4.74 Å². The second kappa shape index (κ2) is 6.58. The summed E-state index contributed by atoms with van der Waals surface area (Å²) < 4.78 is 6.71. The zero-order valence-corrected chi connectivity index (χ0v) is 13.2. The van der Waals surface area contributed by atoms with Crippen LogP contribution in [0, 0.1) is 0 Å². The Bertz CT molecular complexity index is 754. The molecule has 0 saturated carbocycles. The summed E-state index contributed by atoms with van der Waals surface area (Å²) in [7, 11) is 0. The van der Waals surface area contributed by atoms with E-state index in [4.69, 9.17) is 16.3 Å². The van der Waals surface area contributed by atoms with E-state index in [0.29, 0.717) is 11.8 Å². The Balaban J connectivity index is 1.88. The summed E-state index contributed by atoms with van der Waals surface area (Å²) >= 11 is 6.32. The molecule has 2 heterocycles. The molecule has 0 bridgehead atoms. The Morgan fingerprint density at radius 1 is 1.22 bits per heavy atom. The molecule has 0 aliphatic carbocycles. The number of carbonyl (C=O) groups is 1. The van der Waals surface area contributed by atoms with E-state index in [2.05, 4.69) is 5.10 Å². The highest BCUT2D eigenvalue weighted by molar-refractivity contribution is 6.31. The minimum Gasteiger partial charge on any atom is -0.449 e. The van der Waals surface area contributed by atoms with E-state index >= 15 is 0 Å². The lowest BCUT2D eigenvalue weighted by Gasteiger charge is -2.26. The van der Waals surface area contributed by atoms with Crippen LogP contribution < -0.4 is 4.90 Å². The highest BCUT2D eigenvalue weighted by Crippen LogP contribution is 2.27. The maximum atomic E-state index is 11.7. The average molecular weight is 331 g/mol. The smallest absolute Gasteiger partial charge is 0.418 e. The van der Waals surface area contributed by atoms with Crippen LogP contribution in [-0.4, -0.2) is 27.4 Å². The van der Waals surface area contributed by atoms with Gasteiger partial charge in [0.05, 0.1) is 24.7 Å². The first-order valence-corrected chi connectivity index (χ1v) is 7.48. The van der Waals surface area contributed by atoms with Crippen molar-refractivity contribution in [2.45, 2.75) is 6.92 Å². The van der Waals surface area contributed by atoms with Crippen molar-refractivity contribution in [2.24, 2.45) is 0 Å². The molecule has 7 heteroatoms. The lowest BCUT2D eigenvalue weighted by Crippen LogP contribution is -2.28. The van der Waals surface area contributed by atoms with E-state index in [0.717, 1.165) is 11.5 Å². The summed E-state index contributed by atoms with van der Waals surface area (Å²) in [5.41, 5.74) is 0.915. The van der Waals surface area contributed by atoms with E-state index in [1.54, 1.807) is 35.1 Å². The number of halogens is 1. The van der Waals surface area contributed by atoms with Gasteiger partial charge in [-0.25, -0.2) is 9.48 Å². The summed E-state index contributed by atoms with van der Waals surface area (Å²) in [4.78, 5) is 14.8. The largest absolute Gasteiger partial charge is 0.449 e.